The molecule has 0 radical (unpaired) electrons. The lowest BCUT2D eigenvalue weighted by Gasteiger charge is -2.20. The van der Waals surface area contributed by atoms with Crippen molar-refractivity contribution in [2.24, 2.45) is 5.73 Å². The Bertz CT molecular complexity index is 401. The molecule has 1 heterocycles. The van der Waals surface area contributed by atoms with Crippen LogP contribution >= 0.6 is 0 Å². The third kappa shape index (κ3) is 3.06. The van der Waals surface area contributed by atoms with Crippen LogP contribution in [0.5, 0.6) is 0 Å². The van der Waals surface area contributed by atoms with Gasteiger partial charge in [-0.3, -0.25) is 4.90 Å². The van der Waals surface area contributed by atoms with Crippen LogP contribution in [0.15, 0.2) is 18.2 Å². The van der Waals surface area contributed by atoms with E-state index < -0.39 is 5.60 Å². The summed E-state index contributed by atoms with van der Waals surface area (Å²) in [6.45, 7) is 7.31. The summed E-state index contributed by atoms with van der Waals surface area (Å²) in [6, 6.07) is 6.41. The first kappa shape index (κ1) is 12.6. The number of nitrogens with zero attached hydrogens (tertiary/aromatic N) is 1. The molecule has 1 aliphatic rings. The van der Waals surface area contributed by atoms with Gasteiger partial charge in [0.25, 0.3) is 0 Å². The minimum absolute atomic E-state index is 0.509. The highest BCUT2D eigenvalue weighted by Crippen LogP contribution is 2.23. The molecule has 1 fully saturated rings. The molecule has 3 N–H and O–H groups in total. The average molecular weight is 234 g/mol. The van der Waals surface area contributed by atoms with Gasteiger partial charge in [0.1, 0.15) is 0 Å². The standard InChI is InChI=1S/C14H22N2O/c1-11-7-12(8-15)3-4-13(11)9-16-6-5-14(2,17)10-16/h3-4,7,17H,5-6,8-10,15H2,1-2H3. The van der Waals surface area contributed by atoms with E-state index in [1.54, 1.807) is 0 Å². The van der Waals surface area contributed by atoms with Gasteiger partial charge in [0.15, 0.2) is 0 Å². The SMILES string of the molecule is Cc1cc(CN)ccc1CN1CCC(C)(O)C1. The maximum Gasteiger partial charge on any atom is 0.0758 e. The normalized spacial score (nSPS) is 25.4. The van der Waals surface area contributed by atoms with Crippen molar-refractivity contribution in [2.45, 2.75) is 39.0 Å². The largest absolute Gasteiger partial charge is 0.389 e. The van der Waals surface area contributed by atoms with Gasteiger partial charge < -0.3 is 10.8 Å². The molecule has 1 saturated heterocycles. The number of hydrogen-bond acceptors (Lipinski definition) is 3. The summed E-state index contributed by atoms with van der Waals surface area (Å²) in [6.07, 6.45) is 0.868. The highest BCUT2D eigenvalue weighted by Gasteiger charge is 2.31. The van der Waals surface area contributed by atoms with Crippen LogP contribution in [0, 0.1) is 6.92 Å². The Balaban J connectivity index is 2.04. The quantitative estimate of drug-likeness (QED) is 0.831. The van der Waals surface area contributed by atoms with Crippen molar-refractivity contribution in [1.29, 1.82) is 0 Å². The van der Waals surface area contributed by atoms with E-state index in [4.69, 9.17) is 5.73 Å². The van der Waals surface area contributed by atoms with Crippen molar-refractivity contribution in [3.05, 3.63) is 34.9 Å². The van der Waals surface area contributed by atoms with Gasteiger partial charge in [-0.05, 0) is 37.0 Å². The van der Waals surface area contributed by atoms with E-state index >= 15 is 0 Å². The number of β-amino-alcohol motifs (C(OH)–C–C–N with tert-alkyl or cyclic N) is 1. The molecule has 0 aromatic heterocycles. The highest BCUT2D eigenvalue weighted by atomic mass is 16.3. The number of nitrogens with two attached hydrogens (primary N) is 1. The summed E-state index contributed by atoms with van der Waals surface area (Å²) >= 11 is 0. The van der Waals surface area contributed by atoms with Gasteiger partial charge in [-0.1, -0.05) is 18.2 Å². The zero-order valence-electron chi connectivity index (χ0n) is 10.7. The molecule has 2 rings (SSSR count). The maximum atomic E-state index is 9.94. The summed E-state index contributed by atoms with van der Waals surface area (Å²) in [5.41, 5.74) is 8.92. The monoisotopic (exact) mass is 234 g/mol. The molecule has 1 unspecified atom stereocenters. The summed E-state index contributed by atoms with van der Waals surface area (Å²) in [4.78, 5) is 2.31. The van der Waals surface area contributed by atoms with Gasteiger partial charge in [-0.25, -0.2) is 0 Å². The first-order valence-electron chi connectivity index (χ1n) is 6.23. The molecule has 3 nitrogen and oxygen atoms in total. The third-order valence-electron chi connectivity index (χ3n) is 3.57. The molecular weight excluding hydrogens is 212 g/mol. The Morgan fingerprint density at radius 1 is 1.47 bits per heavy atom. The van der Waals surface area contributed by atoms with Crippen molar-refractivity contribution >= 4 is 0 Å². The number of aryl methyl sites for hydroxylation is 1. The number of likely N-dealkylation sites (tertiary alicyclic amines) is 1. The van der Waals surface area contributed by atoms with Crippen molar-refractivity contribution < 1.29 is 5.11 Å². The first-order chi connectivity index (χ1) is 8.00. The van der Waals surface area contributed by atoms with Gasteiger partial charge in [-0.2, -0.15) is 0 Å². The highest BCUT2D eigenvalue weighted by molar-refractivity contribution is 5.31. The molecule has 1 aromatic rings. The van der Waals surface area contributed by atoms with Gasteiger partial charge in [0.05, 0.1) is 5.60 Å². The fourth-order valence-corrected chi connectivity index (χ4v) is 2.48. The molecular formula is C14H22N2O. The van der Waals surface area contributed by atoms with E-state index in [9.17, 15) is 5.11 Å². The van der Waals surface area contributed by atoms with Gasteiger partial charge in [0.2, 0.25) is 0 Å². The minimum atomic E-state index is -0.509. The predicted octanol–water partition coefficient (Wildman–Crippen LogP) is 1.41. The number of hydrogen-bond donors (Lipinski definition) is 2. The Hall–Kier alpha value is -0.900. The van der Waals surface area contributed by atoms with Crippen LogP contribution in [0.4, 0.5) is 0 Å². The molecule has 3 heteroatoms. The second-order valence-electron chi connectivity index (χ2n) is 5.42. The van der Waals surface area contributed by atoms with E-state index in [-0.39, 0.29) is 0 Å². The lowest BCUT2D eigenvalue weighted by Crippen LogP contribution is -2.29. The van der Waals surface area contributed by atoms with Crippen molar-refractivity contribution in [3.63, 3.8) is 0 Å². The summed E-state index contributed by atoms with van der Waals surface area (Å²) in [5.74, 6) is 0. The van der Waals surface area contributed by atoms with Crippen LogP contribution in [-0.4, -0.2) is 28.7 Å². The molecule has 1 aromatic carbocycles. The summed E-state index contributed by atoms with van der Waals surface area (Å²) in [5, 5.41) is 9.94. The van der Waals surface area contributed by atoms with Crippen LogP contribution in [0.1, 0.15) is 30.0 Å². The molecule has 0 saturated carbocycles. The lowest BCUT2D eigenvalue weighted by molar-refractivity contribution is 0.0679. The molecule has 1 aliphatic heterocycles. The number of benzene rings is 1. The molecule has 0 spiro atoms. The Kier molecular flexibility index (Phi) is 3.52. The van der Waals surface area contributed by atoms with Crippen LogP contribution in [0.25, 0.3) is 0 Å². The van der Waals surface area contributed by atoms with Crippen molar-refractivity contribution in [3.8, 4) is 0 Å². The second kappa shape index (κ2) is 4.77. The molecule has 0 bridgehead atoms. The van der Waals surface area contributed by atoms with Gasteiger partial charge in [-0.15, -0.1) is 0 Å². The molecule has 0 amide bonds. The van der Waals surface area contributed by atoms with Gasteiger partial charge in [0, 0.05) is 26.2 Å². The van der Waals surface area contributed by atoms with Crippen LogP contribution in [-0.2, 0) is 13.1 Å². The lowest BCUT2D eigenvalue weighted by atomic mass is 10.0. The van der Waals surface area contributed by atoms with Gasteiger partial charge >= 0.3 is 0 Å². The molecule has 0 aliphatic carbocycles. The third-order valence-corrected chi connectivity index (χ3v) is 3.57. The maximum absolute atomic E-state index is 9.94. The van der Waals surface area contributed by atoms with E-state index in [1.165, 1.54) is 16.7 Å². The van der Waals surface area contributed by atoms with E-state index in [0.717, 1.165) is 26.1 Å². The molecule has 94 valence electrons. The van der Waals surface area contributed by atoms with Crippen molar-refractivity contribution in [2.75, 3.05) is 13.1 Å². The van der Waals surface area contributed by atoms with Crippen molar-refractivity contribution in [1.82, 2.24) is 4.90 Å². The predicted molar refractivity (Wildman–Crippen MR) is 69.6 cm³/mol. The van der Waals surface area contributed by atoms with Crippen LogP contribution in [0.2, 0.25) is 0 Å². The smallest absolute Gasteiger partial charge is 0.0758 e. The fraction of sp³-hybridized carbons (Fsp3) is 0.571. The Labute approximate surface area is 103 Å². The second-order valence-corrected chi connectivity index (χ2v) is 5.42. The Morgan fingerprint density at radius 2 is 2.24 bits per heavy atom. The minimum Gasteiger partial charge on any atom is -0.389 e. The zero-order chi connectivity index (χ0) is 12.5. The van der Waals surface area contributed by atoms with E-state index in [1.807, 2.05) is 6.92 Å². The van der Waals surface area contributed by atoms with E-state index in [2.05, 4.69) is 30.0 Å². The topological polar surface area (TPSA) is 49.5 Å². The van der Waals surface area contributed by atoms with Crippen LogP contribution < -0.4 is 5.73 Å². The summed E-state index contributed by atoms with van der Waals surface area (Å²) < 4.78 is 0. The van der Waals surface area contributed by atoms with E-state index in [0.29, 0.717) is 6.54 Å². The number of rotatable bonds is 3. The first-order valence-corrected chi connectivity index (χ1v) is 6.23. The zero-order valence-corrected chi connectivity index (χ0v) is 10.7. The fourth-order valence-electron chi connectivity index (χ4n) is 2.48. The Morgan fingerprint density at radius 3 is 2.76 bits per heavy atom. The average Bonchev–Trinajstić information content (AvgIpc) is 2.61. The summed E-state index contributed by atoms with van der Waals surface area (Å²) in [7, 11) is 0. The number of aliphatic hydroxyl groups is 1. The molecule has 17 heavy (non-hydrogen) atoms. The van der Waals surface area contributed by atoms with Crippen LogP contribution in [0.3, 0.4) is 0 Å². The molecule has 1 atom stereocenters.